The summed E-state index contributed by atoms with van der Waals surface area (Å²) < 4.78 is 6.17. The molecule has 20 rings (SSSR count). The second kappa shape index (κ2) is 32.1. The van der Waals surface area contributed by atoms with Crippen molar-refractivity contribution in [1.82, 2.24) is 0 Å². The van der Waals surface area contributed by atoms with Crippen LogP contribution in [0.3, 0.4) is 0 Å². The van der Waals surface area contributed by atoms with Crippen molar-refractivity contribution < 1.29 is 4.74 Å². The Labute approximate surface area is 748 Å². The zero-order valence-corrected chi connectivity index (χ0v) is 74.9. The summed E-state index contributed by atoms with van der Waals surface area (Å²) in [5, 5.41) is 34.4. The zero-order chi connectivity index (χ0) is 87.4. The number of rotatable bonds is 14. The molecule has 0 spiro atoms. The lowest BCUT2D eigenvalue weighted by Gasteiger charge is -2.41. The van der Waals surface area contributed by atoms with Gasteiger partial charge >= 0.3 is 0 Å². The average Bonchev–Trinajstić information content (AvgIpc) is 0.688. The van der Waals surface area contributed by atoms with Crippen LogP contribution < -0.4 is 4.90 Å². The van der Waals surface area contributed by atoms with Crippen LogP contribution in [0.2, 0.25) is 0 Å². The minimum absolute atomic E-state index is 0.0445. The number of nitriles is 2. The van der Waals surface area contributed by atoms with Crippen LogP contribution in [0.15, 0.2) is 356 Å². The van der Waals surface area contributed by atoms with Gasteiger partial charge in [-0.2, -0.15) is 10.5 Å². The van der Waals surface area contributed by atoms with Gasteiger partial charge in [-0.15, -0.1) is 0 Å². The molecule has 0 N–H and O–H groups in total. The number of allylic oxidation sites excluding steroid dienone is 6. The number of nitrogens with zero attached hydrogens (tertiary/aromatic N) is 3. The van der Waals surface area contributed by atoms with Gasteiger partial charge in [0.15, 0.2) is 0 Å². The predicted molar refractivity (Wildman–Crippen MR) is 538 cm³/mol. The fourth-order valence-corrected chi connectivity index (χ4v) is 21.1. The van der Waals surface area contributed by atoms with Gasteiger partial charge in [-0.05, 0) is 300 Å². The second-order valence-electron chi connectivity index (χ2n) is 39.3. The van der Waals surface area contributed by atoms with Gasteiger partial charge in [0.05, 0.1) is 0 Å². The van der Waals surface area contributed by atoms with E-state index in [-0.39, 0.29) is 27.7 Å². The topological polar surface area (TPSA) is 60.0 Å². The van der Waals surface area contributed by atoms with Gasteiger partial charge in [-0.1, -0.05) is 373 Å². The van der Waals surface area contributed by atoms with Crippen molar-refractivity contribution in [3.8, 4) is 101 Å². The Bertz CT molecular complexity index is 7490. The largest absolute Gasteiger partial charge is 0.462 e. The lowest BCUT2D eigenvalue weighted by Crippen LogP contribution is -2.38. The standard InChI is InChI=1S/C123H105N3O/c1-77-64-90(93(74-124)75-125)69-98(127-77)58-45-78-65-89-44-31-63-126-76-92(68-91(66-78)119(89)126)88-51-60-100-104(70-88)112(83-38-25-16-26-39-83)116-107(80-32-19-13-20-33-80)99-59-46-79(67-103(99)111(82-36-23-15-24-37-82)115(116)108(100)81-34-21-14-22-35-81)73-123(11,12)97-57-62-102-106(72-97)114(85-42-29-18-30-43-85)118-109(86-47-52-94(53-48-86)120(2,3)4)101-61-56-96(122(8,9)10)71-105(101)113(84-40-27-17-28-41-84)117(118)110(102)87-49-54-95(55-50-87)121(5,6)7/h13-30,32-43,45-62,64-67,69-72,92H,31,44,63,68,73,76H2,1-12H3/b58-45+. The lowest BCUT2D eigenvalue weighted by atomic mass is 9.73. The average molecular weight is 1640 g/mol. The highest BCUT2D eigenvalue weighted by atomic mass is 16.5. The number of fused-ring (bicyclic) bond motifs is 6. The van der Waals surface area contributed by atoms with Crippen molar-refractivity contribution >= 4 is 76.4 Å². The summed E-state index contributed by atoms with van der Waals surface area (Å²) >= 11 is 0. The van der Waals surface area contributed by atoms with Gasteiger partial charge in [0.25, 0.3) is 0 Å². The van der Waals surface area contributed by atoms with Crippen LogP contribution in [-0.2, 0) is 45.7 Å². The Morgan fingerprint density at radius 1 is 0.370 bits per heavy atom. The number of anilines is 1. The Morgan fingerprint density at radius 2 is 0.732 bits per heavy atom. The van der Waals surface area contributed by atoms with E-state index < -0.39 is 5.41 Å². The summed E-state index contributed by atoms with van der Waals surface area (Å²) in [6.45, 7) is 29.7. The minimum Gasteiger partial charge on any atom is -0.462 e. The molecule has 0 saturated heterocycles. The first kappa shape index (κ1) is 81.2. The Kier molecular flexibility index (Phi) is 20.5. The molecule has 0 fully saturated rings. The smallest absolute Gasteiger partial charge is 0.137 e. The molecule has 3 aliphatic heterocycles. The third kappa shape index (κ3) is 14.8. The molecule has 127 heavy (non-hydrogen) atoms. The van der Waals surface area contributed by atoms with Gasteiger partial charge in [-0.3, -0.25) is 0 Å². The van der Waals surface area contributed by atoms with Crippen molar-refractivity contribution in [2.45, 2.75) is 136 Å². The molecule has 17 aromatic carbocycles. The number of ether oxygens (including phenoxy) is 1. The van der Waals surface area contributed by atoms with Crippen LogP contribution in [0, 0.1) is 22.7 Å². The molecule has 0 aromatic heterocycles. The first-order chi connectivity index (χ1) is 61.4. The number of benzene rings is 17. The molecule has 3 heterocycles. The highest BCUT2D eigenvalue weighted by molar-refractivity contribution is 6.36. The van der Waals surface area contributed by atoms with E-state index in [0.29, 0.717) is 17.1 Å². The normalized spacial score (nSPS) is 14.3. The summed E-state index contributed by atoms with van der Waals surface area (Å²) in [4.78, 5) is 2.67. The molecule has 0 bridgehead atoms. The van der Waals surface area contributed by atoms with Gasteiger partial charge in [0, 0.05) is 30.3 Å². The molecular formula is C123H105N3O. The van der Waals surface area contributed by atoms with E-state index in [4.69, 9.17) is 4.74 Å². The Balaban J connectivity index is 0.814. The van der Waals surface area contributed by atoms with E-state index >= 15 is 0 Å². The van der Waals surface area contributed by atoms with Crippen molar-refractivity contribution in [3.05, 3.63) is 406 Å². The first-order valence-electron chi connectivity index (χ1n) is 45.3. The van der Waals surface area contributed by atoms with Crippen molar-refractivity contribution in [1.29, 1.82) is 10.5 Å². The number of hydrogen-bond acceptors (Lipinski definition) is 4. The molecular weight excluding hydrogens is 1540 g/mol. The molecule has 0 radical (unpaired) electrons. The Hall–Kier alpha value is -14.2. The van der Waals surface area contributed by atoms with Crippen LogP contribution in [0.5, 0.6) is 0 Å². The molecule has 618 valence electrons. The van der Waals surface area contributed by atoms with E-state index in [1.165, 1.54) is 204 Å². The molecule has 17 aromatic rings. The van der Waals surface area contributed by atoms with Crippen molar-refractivity contribution in [2.75, 3.05) is 18.0 Å². The fraction of sp³-hybridized carbons (Fsp3) is 0.187. The summed E-state index contributed by atoms with van der Waals surface area (Å²) in [6, 6.07) is 126. The summed E-state index contributed by atoms with van der Waals surface area (Å²) in [6.07, 6.45) is 11.4. The molecule has 0 aliphatic carbocycles. The molecule has 4 heteroatoms. The maximum absolute atomic E-state index is 9.81. The molecule has 3 aliphatic rings. The van der Waals surface area contributed by atoms with Gasteiger partial charge < -0.3 is 9.64 Å². The van der Waals surface area contributed by atoms with Crippen LogP contribution >= 0.6 is 0 Å². The van der Waals surface area contributed by atoms with Crippen LogP contribution in [0.1, 0.15) is 145 Å². The maximum atomic E-state index is 9.81. The number of aryl methyl sites for hydroxylation is 1. The summed E-state index contributed by atoms with van der Waals surface area (Å²) in [7, 11) is 0. The summed E-state index contributed by atoms with van der Waals surface area (Å²) in [5.41, 5.74) is 32.3. The van der Waals surface area contributed by atoms with E-state index in [2.05, 4.69) is 415 Å². The van der Waals surface area contributed by atoms with Crippen molar-refractivity contribution in [3.63, 3.8) is 0 Å². The Morgan fingerprint density at radius 3 is 1.16 bits per heavy atom. The van der Waals surface area contributed by atoms with E-state index in [1.807, 2.05) is 13.0 Å². The molecule has 4 nitrogen and oxygen atoms in total. The zero-order valence-electron chi connectivity index (χ0n) is 74.9. The van der Waals surface area contributed by atoms with E-state index in [0.717, 1.165) is 44.3 Å². The fourth-order valence-electron chi connectivity index (χ4n) is 21.1. The van der Waals surface area contributed by atoms with Crippen molar-refractivity contribution in [2.24, 2.45) is 0 Å². The van der Waals surface area contributed by atoms with Crippen LogP contribution in [0.25, 0.3) is 160 Å². The summed E-state index contributed by atoms with van der Waals surface area (Å²) in [5.74, 6) is 1.41. The molecule has 0 saturated carbocycles. The quantitative estimate of drug-likeness (QED) is 0.0804. The SMILES string of the molecule is CC1=CC(=C(C#N)C#N)C=C(/C=C/c2cc3c4c(c2)CC(c2ccc5c(-c6ccccc6)c6c(-c7ccccc7)c7cc(CC(C)(C)c8ccc9c(-c%10ccc(C(C)(C)C)cc%10)c%10c(-c%11ccccc%11)c%11cc(C(C)(C)C)ccc%11c(-c%11ccc(C(C)(C)C)cc%11)c%10c(-c%10ccccc%10)c9c8)ccc7c(-c7ccccc7)c6c(-c6ccccc6)c5c2)CN4CCC3)O1. The lowest BCUT2D eigenvalue weighted by molar-refractivity contribution is 0.318. The predicted octanol–water partition coefficient (Wildman–Crippen LogP) is 32.6. The number of hydrogen-bond donors (Lipinski definition) is 0. The minimum atomic E-state index is -0.412. The maximum Gasteiger partial charge on any atom is 0.137 e. The van der Waals surface area contributed by atoms with Gasteiger partial charge in [-0.25, -0.2) is 0 Å². The molecule has 1 atom stereocenters. The third-order valence-corrected chi connectivity index (χ3v) is 27.3. The second-order valence-corrected chi connectivity index (χ2v) is 39.3. The van der Waals surface area contributed by atoms with Crippen LogP contribution in [0.4, 0.5) is 5.69 Å². The van der Waals surface area contributed by atoms with E-state index in [9.17, 15) is 10.5 Å². The first-order valence-corrected chi connectivity index (χ1v) is 45.3. The van der Waals surface area contributed by atoms with Gasteiger partial charge in [0.2, 0.25) is 0 Å². The monoisotopic (exact) mass is 1640 g/mol. The third-order valence-electron chi connectivity index (χ3n) is 27.3. The van der Waals surface area contributed by atoms with E-state index in [1.54, 1.807) is 12.2 Å². The molecule has 1 unspecified atom stereocenters. The van der Waals surface area contributed by atoms with Crippen LogP contribution in [-0.4, -0.2) is 13.1 Å². The van der Waals surface area contributed by atoms with Gasteiger partial charge in [0.1, 0.15) is 29.2 Å². The molecule has 0 amide bonds. The highest BCUT2D eigenvalue weighted by Gasteiger charge is 2.36. The highest BCUT2D eigenvalue weighted by Crippen LogP contribution is 2.58.